The quantitative estimate of drug-likeness (QED) is 0.546. The van der Waals surface area contributed by atoms with Crippen LogP contribution in [-0.2, 0) is 9.24 Å². The summed E-state index contributed by atoms with van der Waals surface area (Å²) in [6.07, 6.45) is 4.98. The Morgan fingerprint density at radius 2 is 1.88 bits per heavy atom. The summed E-state index contributed by atoms with van der Waals surface area (Å²) in [6, 6.07) is 10.7. The maximum atomic E-state index is 5.85. The van der Waals surface area contributed by atoms with Crippen LogP contribution in [-0.4, -0.2) is 22.1 Å². The molecule has 1 rings (SSSR count). The number of benzene rings is 1. The van der Waals surface area contributed by atoms with Gasteiger partial charge in [-0.3, -0.25) is 0 Å². The molecule has 0 aliphatic carbocycles. The Kier molecular flexibility index (Phi) is 6.12. The van der Waals surface area contributed by atoms with E-state index in [1.165, 1.54) is 24.8 Å². The van der Waals surface area contributed by atoms with Gasteiger partial charge in [0.15, 0.2) is 0 Å². The first kappa shape index (κ1) is 13.8. The number of rotatable bonds is 7. The van der Waals surface area contributed by atoms with E-state index in [2.05, 4.69) is 43.1 Å². The van der Waals surface area contributed by atoms with Crippen molar-refractivity contribution >= 4 is 15.0 Å². The molecule has 2 heteroatoms. The number of ether oxygens (including phenoxy) is 1. The van der Waals surface area contributed by atoms with Crippen molar-refractivity contribution in [1.29, 1.82) is 0 Å². The van der Waals surface area contributed by atoms with E-state index in [1.54, 1.807) is 0 Å². The average Bonchev–Trinajstić information content (AvgIpc) is 2.36. The summed E-state index contributed by atoms with van der Waals surface area (Å²) < 4.78 is 5.84. The molecule has 0 aliphatic heterocycles. The molecule has 1 atom stereocenters. The SMILES string of the molecule is CCCCCC(OC)([Se]C)c1ccccc1. The van der Waals surface area contributed by atoms with Gasteiger partial charge in [0.25, 0.3) is 0 Å². The molecule has 0 spiro atoms. The van der Waals surface area contributed by atoms with Crippen LogP contribution in [0.15, 0.2) is 30.3 Å². The summed E-state index contributed by atoms with van der Waals surface area (Å²) in [5.74, 6) is 2.27. The van der Waals surface area contributed by atoms with Crippen molar-refractivity contribution < 1.29 is 4.74 Å². The Hall–Kier alpha value is -0.301. The van der Waals surface area contributed by atoms with Gasteiger partial charge in [0.1, 0.15) is 0 Å². The number of hydrogen-bond donors (Lipinski definition) is 0. The number of hydrogen-bond acceptors (Lipinski definition) is 1. The van der Waals surface area contributed by atoms with Gasteiger partial charge in [0.05, 0.1) is 0 Å². The zero-order valence-electron chi connectivity index (χ0n) is 10.5. The van der Waals surface area contributed by atoms with Gasteiger partial charge in [0.2, 0.25) is 0 Å². The molecule has 0 amide bonds. The van der Waals surface area contributed by atoms with Crippen LogP contribution < -0.4 is 0 Å². The molecule has 16 heavy (non-hydrogen) atoms. The zero-order valence-corrected chi connectivity index (χ0v) is 12.2. The third-order valence-corrected chi connectivity index (χ3v) is 5.64. The second-order valence-electron chi connectivity index (χ2n) is 3.98. The Morgan fingerprint density at radius 3 is 2.38 bits per heavy atom. The molecule has 0 radical (unpaired) electrons. The molecule has 1 unspecified atom stereocenters. The summed E-state index contributed by atoms with van der Waals surface area (Å²) in [5.41, 5.74) is 1.34. The molecule has 0 fully saturated rings. The van der Waals surface area contributed by atoms with E-state index in [9.17, 15) is 0 Å². The second kappa shape index (κ2) is 7.11. The summed E-state index contributed by atoms with van der Waals surface area (Å²) in [6.45, 7) is 2.24. The Labute approximate surface area is 106 Å². The van der Waals surface area contributed by atoms with Crippen LogP contribution >= 0.6 is 0 Å². The van der Waals surface area contributed by atoms with Crippen molar-refractivity contribution in [3.63, 3.8) is 0 Å². The second-order valence-corrected chi connectivity index (χ2v) is 6.22. The van der Waals surface area contributed by atoms with E-state index >= 15 is 0 Å². The molecule has 0 aromatic heterocycles. The number of methoxy groups -OCH3 is 1. The molecular formula is C14H22OSe. The molecule has 0 saturated carbocycles. The minimum absolute atomic E-state index is 0.0105. The number of unbranched alkanes of at least 4 members (excludes halogenated alkanes) is 2. The fourth-order valence-corrected chi connectivity index (χ4v) is 3.83. The first-order valence-corrected chi connectivity index (χ1v) is 8.52. The molecule has 0 N–H and O–H groups in total. The topological polar surface area (TPSA) is 9.23 Å². The van der Waals surface area contributed by atoms with Crippen LogP contribution in [0, 0.1) is 0 Å². The van der Waals surface area contributed by atoms with Gasteiger partial charge >= 0.3 is 106 Å². The summed E-state index contributed by atoms with van der Waals surface area (Å²) in [7, 11) is 1.85. The molecule has 1 nitrogen and oxygen atoms in total. The molecule has 1 aromatic rings. The maximum absolute atomic E-state index is 5.85. The van der Waals surface area contributed by atoms with Gasteiger partial charge in [-0.1, -0.05) is 0 Å². The van der Waals surface area contributed by atoms with E-state index in [-0.39, 0.29) is 4.50 Å². The minimum atomic E-state index is -0.0105. The standard InChI is InChI=1S/C14H22OSe/c1-4-5-9-12-14(15-2,16-3)13-10-7-6-8-11-13/h6-8,10-11H,4-5,9,12H2,1-3H3. The van der Waals surface area contributed by atoms with Gasteiger partial charge in [-0.25, -0.2) is 0 Å². The molecule has 90 valence electrons. The summed E-state index contributed by atoms with van der Waals surface area (Å²) >= 11 is 0.469. The van der Waals surface area contributed by atoms with Crippen LogP contribution in [0.25, 0.3) is 0 Å². The van der Waals surface area contributed by atoms with Crippen molar-refractivity contribution in [3.05, 3.63) is 35.9 Å². The van der Waals surface area contributed by atoms with E-state index in [0.29, 0.717) is 15.0 Å². The van der Waals surface area contributed by atoms with Crippen molar-refractivity contribution in [1.82, 2.24) is 0 Å². The fourth-order valence-electron chi connectivity index (χ4n) is 1.97. The predicted octanol–water partition coefficient (Wildman–Crippen LogP) is 3.82. The van der Waals surface area contributed by atoms with E-state index in [4.69, 9.17) is 4.74 Å². The molecule has 0 aliphatic rings. The van der Waals surface area contributed by atoms with E-state index < -0.39 is 0 Å². The first-order valence-electron chi connectivity index (χ1n) is 5.95. The van der Waals surface area contributed by atoms with E-state index in [0.717, 1.165) is 6.42 Å². The van der Waals surface area contributed by atoms with E-state index in [1.807, 2.05) is 7.11 Å². The van der Waals surface area contributed by atoms with Crippen LogP contribution in [0.1, 0.15) is 38.2 Å². The van der Waals surface area contributed by atoms with Gasteiger partial charge in [0, 0.05) is 0 Å². The van der Waals surface area contributed by atoms with Crippen molar-refractivity contribution in [3.8, 4) is 0 Å². The van der Waals surface area contributed by atoms with Gasteiger partial charge in [-0.05, 0) is 0 Å². The van der Waals surface area contributed by atoms with Crippen LogP contribution in [0.5, 0.6) is 0 Å². The molecular weight excluding hydrogens is 263 g/mol. The predicted molar refractivity (Wildman–Crippen MR) is 70.9 cm³/mol. The normalized spacial score (nSPS) is 14.7. The molecule has 1 aromatic carbocycles. The third kappa shape index (κ3) is 3.35. The third-order valence-electron chi connectivity index (χ3n) is 2.98. The van der Waals surface area contributed by atoms with Gasteiger partial charge in [-0.2, -0.15) is 0 Å². The monoisotopic (exact) mass is 286 g/mol. The van der Waals surface area contributed by atoms with Crippen LogP contribution in [0.4, 0.5) is 0 Å². The Morgan fingerprint density at radius 1 is 1.19 bits per heavy atom. The van der Waals surface area contributed by atoms with Crippen LogP contribution in [0.3, 0.4) is 0 Å². The van der Waals surface area contributed by atoms with Crippen LogP contribution in [0.2, 0.25) is 5.82 Å². The fraction of sp³-hybridized carbons (Fsp3) is 0.571. The summed E-state index contributed by atoms with van der Waals surface area (Å²) in [4.78, 5) is 0. The molecule has 0 bridgehead atoms. The van der Waals surface area contributed by atoms with Crippen molar-refractivity contribution in [2.45, 2.75) is 42.9 Å². The Balaban J connectivity index is 2.79. The average molecular weight is 285 g/mol. The molecule has 0 saturated heterocycles. The van der Waals surface area contributed by atoms with Gasteiger partial charge in [-0.15, -0.1) is 0 Å². The van der Waals surface area contributed by atoms with Gasteiger partial charge < -0.3 is 0 Å². The summed E-state index contributed by atoms with van der Waals surface area (Å²) in [5, 5.41) is 0. The molecule has 0 heterocycles. The Bertz CT molecular complexity index is 280. The van der Waals surface area contributed by atoms with Crippen molar-refractivity contribution in [2.75, 3.05) is 7.11 Å². The first-order chi connectivity index (χ1) is 7.79. The van der Waals surface area contributed by atoms with Crippen molar-refractivity contribution in [2.24, 2.45) is 0 Å². The zero-order chi connectivity index (χ0) is 11.9.